The van der Waals surface area contributed by atoms with E-state index in [1.54, 1.807) is 0 Å². The highest BCUT2D eigenvalue weighted by atomic mass is 16.5. The Morgan fingerprint density at radius 2 is 2.10 bits per heavy atom. The van der Waals surface area contributed by atoms with Crippen molar-refractivity contribution in [2.75, 3.05) is 32.8 Å². The minimum atomic E-state index is 0.0140. The van der Waals surface area contributed by atoms with Crippen LogP contribution in [0.1, 0.15) is 23.9 Å². The summed E-state index contributed by atoms with van der Waals surface area (Å²) in [6.45, 7) is 10.0. The van der Waals surface area contributed by atoms with Crippen molar-refractivity contribution in [1.82, 2.24) is 15.4 Å². The van der Waals surface area contributed by atoms with Crippen molar-refractivity contribution in [2.45, 2.75) is 33.2 Å². The maximum atomic E-state index is 12.0. The third-order valence-electron chi connectivity index (χ3n) is 3.56. The molecule has 20 heavy (non-hydrogen) atoms. The Hall–Kier alpha value is -1.40. The summed E-state index contributed by atoms with van der Waals surface area (Å²) in [4.78, 5) is 14.4. The maximum Gasteiger partial charge on any atom is 0.224 e. The quantitative estimate of drug-likeness (QED) is 0.859. The van der Waals surface area contributed by atoms with Crippen LogP contribution in [0.4, 0.5) is 0 Å². The van der Waals surface area contributed by atoms with E-state index in [-0.39, 0.29) is 11.9 Å². The number of nitrogens with zero attached hydrogens (tertiary/aromatic N) is 2. The molecule has 1 fully saturated rings. The molecule has 1 aliphatic heterocycles. The van der Waals surface area contributed by atoms with Crippen LogP contribution in [0.25, 0.3) is 0 Å². The second-order valence-corrected chi connectivity index (χ2v) is 5.36. The van der Waals surface area contributed by atoms with Gasteiger partial charge in [0.1, 0.15) is 5.76 Å². The SMILES string of the molecule is Cc1noc(C)c1CC(=O)NC(C)CN1CCOCC1. The van der Waals surface area contributed by atoms with E-state index < -0.39 is 0 Å². The number of carbonyl (C=O) groups is 1. The molecular weight excluding hydrogens is 258 g/mol. The van der Waals surface area contributed by atoms with Crippen molar-refractivity contribution >= 4 is 5.91 Å². The molecule has 1 aliphatic rings. The van der Waals surface area contributed by atoms with Gasteiger partial charge in [0, 0.05) is 31.2 Å². The van der Waals surface area contributed by atoms with Crippen molar-refractivity contribution in [3.63, 3.8) is 0 Å². The van der Waals surface area contributed by atoms with Gasteiger partial charge in [-0.05, 0) is 20.8 Å². The number of ether oxygens (including phenoxy) is 1. The smallest absolute Gasteiger partial charge is 0.224 e. The average molecular weight is 281 g/mol. The Morgan fingerprint density at radius 1 is 1.40 bits per heavy atom. The lowest BCUT2D eigenvalue weighted by Gasteiger charge is -2.29. The molecule has 1 aromatic heterocycles. The molecule has 6 heteroatoms. The lowest BCUT2D eigenvalue weighted by atomic mass is 10.1. The highest BCUT2D eigenvalue weighted by Gasteiger charge is 2.17. The number of hydrogen-bond acceptors (Lipinski definition) is 5. The third kappa shape index (κ3) is 4.05. The zero-order valence-electron chi connectivity index (χ0n) is 12.4. The largest absolute Gasteiger partial charge is 0.379 e. The van der Waals surface area contributed by atoms with Crippen LogP contribution in [0.3, 0.4) is 0 Å². The van der Waals surface area contributed by atoms with Crippen molar-refractivity contribution in [3.8, 4) is 0 Å². The number of rotatable bonds is 5. The summed E-state index contributed by atoms with van der Waals surface area (Å²) in [5.74, 6) is 0.735. The molecule has 0 radical (unpaired) electrons. The van der Waals surface area contributed by atoms with Gasteiger partial charge < -0.3 is 14.6 Å². The zero-order chi connectivity index (χ0) is 14.5. The van der Waals surface area contributed by atoms with Crippen LogP contribution in [0.2, 0.25) is 0 Å². The van der Waals surface area contributed by atoms with Crippen molar-refractivity contribution < 1.29 is 14.1 Å². The van der Waals surface area contributed by atoms with Gasteiger partial charge in [0.05, 0.1) is 25.3 Å². The van der Waals surface area contributed by atoms with Crippen LogP contribution in [0, 0.1) is 13.8 Å². The Morgan fingerprint density at radius 3 is 2.70 bits per heavy atom. The number of hydrogen-bond donors (Lipinski definition) is 1. The molecule has 112 valence electrons. The molecule has 1 atom stereocenters. The topological polar surface area (TPSA) is 67.6 Å². The first-order valence-electron chi connectivity index (χ1n) is 7.07. The fraction of sp³-hybridized carbons (Fsp3) is 0.714. The molecule has 1 N–H and O–H groups in total. The van der Waals surface area contributed by atoms with Crippen LogP contribution in [0.5, 0.6) is 0 Å². The van der Waals surface area contributed by atoms with Gasteiger partial charge in [-0.15, -0.1) is 0 Å². The van der Waals surface area contributed by atoms with Crippen molar-refractivity contribution in [1.29, 1.82) is 0 Å². The summed E-state index contributed by atoms with van der Waals surface area (Å²) in [7, 11) is 0. The van der Waals surface area contributed by atoms with Gasteiger partial charge in [0.15, 0.2) is 0 Å². The van der Waals surface area contributed by atoms with E-state index in [1.165, 1.54) is 0 Å². The zero-order valence-corrected chi connectivity index (χ0v) is 12.4. The van der Waals surface area contributed by atoms with Gasteiger partial charge >= 0.3 is 0 Å². The molecule has 2 rings (SSSR count). The molecule has 0 aromatic carbocycles. The molecule has 6 nitrogen and oxygen atoms in total. The minimum absolute atomic E-state index is 0.0140. The molecule has 0 aliphatic carbocycles. The predicted octanol–water partition coefficient (Wildman–Crippen LogP) is 0.671. The maximum absolute atomic E-state index is 12.0. The molecule has 0 spiro atoms. The number of nitrogens with one attached hydrogen (secondary N) is 1. The fourth-order valence-electron chi connectivity index (χ4n) is 2.46. The standard InChI is InChI=1S/C14H23N3O3/c1-10(9-17-4-6-19-7-5-17)15-14(18)8-13-11(2)16-20-12(13)3/h10H,4-9H2,1-3H3,(H,15,18). The Labute approximate surface area is 119 Å². The van der Waals surface area contributed by atoms with Crippen molar-refractivity contribution in [3.05, 3.63) is 17.0 Å². The van der Waals surface area contributed by atoms with Gasteiger partial charge in [-0.3, -0.25) is 9.69 Å². The summed E-state index contributed by atoms with van der Waals surface area (Å²) in [6.07, 6.45) is 0.328. The summed E-state index contributed by atoms with van der Waals surface area (Å²) in [5, 5.41) is 6.89. The molecule has 1 amide bonds. The lowest BCUT2D eigenvalue weighted by molar-refractivity contribution is -0.121. The monoisotopic (exact) mass is 281 g/mol. The third-order valence-corrected chi connectivity index (χ3v) is 3.56. The molecular formula is C14H23N3O3. The average Bonchev–Trinajstić information content (AvgIpc) is 2.71. The summed E-state index contributed by atoms with van der Waals surface area (Å²) in [6, 6.07) is 0.126. The van der Waals surface area contributed by atoms with E-state index in [9.17, 15) is 4.79 Å². The van der Waals surface area contributed by atoms with Crippen LogP contribution in [0.15, 0.2) is 4.52 Å². The summed E-state index contributed by atoms with van der Waals surface area (Å²) in [5.41, 5.74) is 1.68. The van der Waals surface area contributed by atoms with Crippen LogP contribution < -0.4 is 5.32 Å². The highest BCUT2D eigenvalue weighted by molar-refractivity contribution is 5.79. The molecule has 1 unspecified atom stereocenters. The predicted molar refractivity (Wildman–Crippen MR) is 74.5 cm³/mol. The van der Waals surface area contributed by atoms with E-state index in [2.05, 4.69) is 15.4 Å². The van der Waals surface area contributed by atoms with E-state index >= 15 is 0 Å². The normalized spacial score (nSPS) is 17.9. The number of morpholine rings is 1. The molecule has 2 heterocycles. The molecule has 1 saturated heterocycles. The first kappa shape index (κ1) is 15.0. The van der Waals surface area contributed by atoms with Gasteiger partial charge in [0.25, 0.3) is 0 Å². The Balaban J connectivity index is 1.78. The number of aryl methyl sites for hydroxylation is 2. The molecule has 0 bridgehead atoms. The molecule has 0 saturated carbocycles. The molecule has 1 aromatic rings. The number of aromatic nitrogens is 1. The second kappa shape index (κ2) is 6.85. The number of amides is 1. The number of carbonyl (C=O) groups excluding carboxylic acids is 1. The van der Waals surface area contributed by atoms with Crippen LogP contribution in [-0.4, -0.2) is 54.9 Å². The Kier molecular flexibility index (Phi) is 5.14. The van der Waals surface area contributed by atoms with Crippen LogP contribution in [-0.2, 0) is 16.0 Å². The first-order valence-corrected chi connectivity index (χ1v) is 7.07. The van der Waals surface area contributed by atoms with Crippen molar-refractivity contribution in [2.24, 2.45) is 0 Å². The van der Waals surface area contributed by atoms with Crippen LogP contribution >= 0.6 is 0 Å². The summed E-state index contributed by atoms with van der Waals surface area (Å²) < 4.78 is 10.4. The first-order chi connectivity index (χ1) is 9.56. The van der Waals surface area contributed by atoms with Gasteiger partial charge in [-0.25, -0.2) is 0 Å². The summed E-state index contributed by atoms with van der Waals surface area (Å²) >= 11 is 0. The second-order valence-electron chi connectivity index (χ2n) is 5.36. The minimum Gasteiger partial charge on any atom is -0.379 e. The van der Waals surface area contributed by atoms with E-state index in [0.29, 0.717) is 6.42 Å². The van der Waals surface area contributed by atoms with E-state index in [4.69, 9.17) is 9.26 Å². The van der Waals surface area contributed by atoms with E-state index in [1.807, 2.05) is 20.8 Å². The highest BCUT2D eigenvalue weighted by Crippen LogP contribution is 2.12. The van der Waals surface area contributed by atoms with Gasteiger partial charge in [0.2, 0.25) is 5.91 Å². The Bertz CT molecular complexity index is 433. The fourth-order valence-corrected chi connectivity index (χ4v) is 2.46. The van der Waals surface area contributed by atoms with Gasteiger partial charge in [-0.1, -0.05) is 5.16 Å². The van der Waals surface area contributed by atoms with E-state index in [0.717, 1.165) is 49.9 Å². The van der Waals surface area contributed by atoms with Gasteiger partial charge in [-0.2, -0.15) is 0 Å². The lowest BCUT2D eigenvalue weighted by Crippen LogP contribution is -2.46.